The fourth-order valence-corrected chi connectivity index (χ4v) is 5.17. The van der Waals surface area contributed by atoms with Crippen molar-refractivity contribution in [1.82, 2.24) is 0 Å². The van der Waals surface area contributed by atoms with Crippen LogP contribution < -0.4 is 0 Å². The van der Waals surface area contributed by atoms with E-state index in [9.17, 15) is 0 Å². The van der Waals surface area contributed by atoms with Crippen molar-refractivity contribution in [3.05, 3.63) is 71.8 Å². The van der Waals surface area contributed by atoms with Gasteiger partial charge in [-0.05, 0) is 36.8 Å². The monoisotopic (exact) mass is 408 g/mol. The number of rotatable bonds is 6. The SMILES string of the molecule is c1ccc(CO[C@@]23CCCC[C@@H]2O[C@]2(OCc4ccccc4)CCCC[C@@H]2O3)cc1. The predicted molar refractivity (Wildman–Crippen MR) is 115 cm³/mol. The molecule has 5 rings (SSSR count). The molecule has 3 aliphatic rings. The molecule has 4 nitrogen and oxygen atoms in total. The average Bonchev–Trinajstić information content (AvgIpc) is 2.81. The molecule has 30 heavy (non-hydrogen) atoms. The second kappa shape index (κ2) is 8.80. The molecule has 2 aromatic rings. The quantitative estimate of drug-likeness (QED) is 0.610. The van der Waals surface area contributed by atoms with Gasteiger partial charge >= 0.3 is 0 Å². The lowest BCUT2D eigenvalue weighted by molar-refractivity contribution is -0.456. The van der Waals surface area contributed by atoms with Crippen molar-refractivity contribution >= 4 is 0 Å². The summed E-state index contributed by atoms with van der Waals surface area (Å²) in [6.07, 6.45) is 8.02. The van der Waals surface area contributed by atoms with Crippen LogP contribution in [0.4, 0.5) is 0 Å². The maximum absolute atomic E-state index is 6.82. The zero-order valence-electron chi connectivity index (χ0n) is 17.6. The number of fused-ring (bicyclic) bond motifs is 2. The van der Waals surface area contributed by atoms with Crippen LogP contribution in [0.25, 0.3) is 0 Å². The van der Waals surface area contributed by atoms with Gasteiger partial charge in [-0.2, -0.15) is 0 Å². The molecule has 0 bridgehead atoms. The second-order valence-corrected chi connectivity index (χ2v) is 8.88. The Labute approximate surface area is 179 Å². The summed E-state index contributed by atoms with van der Waals surface area (Å²) in [7, 11) is 0. The van der Waals surface area contributed by atoms with Crippen molar-refractivity contribution in [1.29, 1.82) is 0 Å². The number of hydrogen-bond donors (Lipinski definition) is 0. The van der Waals surface area contributed by atoms with Crippen LogP contribution in [0.5, 0.6) is 0 Å². The minimum atomic E-state index is -0.657. The normalized spacial score (nSPS) is 33.5. The van der Waals surface area contributed by atoms with E-state index in [-0.39, 0.29) is 12.2 Å². The standard InChI is InChI=1S/C26H32O4/c1-3-11-21(12-4-1)19-27-25-17-9-7-15-23(25)30-26(18-10-8-16-24(26)29-25)28-20-22-13-5-2-6-14-22/h1-6,11-14,23-24H,7-10,15-20H2/t23-,24-,25+,26+/m0/s1. The highest BCUT2D eigenvalue weighted by Gasteiger charge is 2.59. The smallest absolute Gasteiger partial charge is 0.195 e. The molecule has 3 fully saturated rings. The summed E-state index contributed by atoms with van der Waals surface area (Å²) >= 11 is 0. The van der Waals surface area contributed by atoms with E-state index in [4.69, 9.17) is 18.9 Å². The molecule has 0 N–H and O–H groups in total. The Hall–Kier alpha value is -1.72. The highest BCUT2D eigenvalue weighted by molar-refractivity contribution is 5.15. The first kappa shape index (κ1) is 20.2. The second-order valence-electron chi connectivity index (χ2n) is 8.88. The molecule has 1 heterocycles. The molecule has 4 heteroatoms. The van der Waals surface area contributed by atoms with Crippen molar-refractivity contribution in [2.45, 2.75) is 88.4 Å². The van der Waals surface area contributed by atoms with Crippen LogP contribution in [-0.4, -0.2) is 23.8 Å². The molecule has 160 valence electrons. The summed E-state index contributed by atoms with van der Waals surface area (Å²) in [6.45, 7) is 1.09. The maximum Gasteiger partial charge on any atom is 0.195 e. The largest absolute Gasteiger partial charge is 0.343 e. The van der Waals surface area contributed by atoms with Crippen LogP contribution in [0.2, 0.25) is 0 Å². The molecule has 0 radical (unpaired) electrons. The first-order valence-corrected chi connectivity index (χ1v) is 11.5. The van der Waals surface area contributed by atoms with E-state index in [0.717, 1.165) is 51.4 Å². The van der Waals surface area contributed by atoms with Crippen molar-refractivity contribution in [3.8, 4) is 0 Å². The van der Waals surface area contributed by atoms with Crippen LogP contribution in [0.3, 0.4) is 0 Å². The van der Waals surface area contributed by atoms with Gasteiger partial charge in [-0.3, -0.25) is 0 Å². The molecule has 0 amide bonds. The van der Waals surface area contributed by atoms with Crippen LogP contribution >= 0.6 is 0 Å². The Morgan fingerprint density at radius 2 is 1.07 bits per heavy atom. The third-order valence-electron chi connectivity index (χ3n) is 6.80. The molecular formula is C26H32O4. The highest BCUT2D eigenvalue weighted by Crippen LogP contribution is 2.49. The van der Waals surface area contributed by atoms with Gasteiger partial charge in [-0.15, -0.1) is 0 Å². The summed E-state index contributed by atoms with van der Waals surface area (Å²) < 4.78 is 26.7. The van der Waals surface area contributed by atoms with Crippen LogP contribution in [0.15, 0.2) is 60.7 Å². The molecule has 0 aromatic heterocycles. The van der Waals surface area contributed by atoms with Gasteiger partial charge < -0.3 is 18.9 Å². The van der Waals surface area contributed by atoms with Crippen molar-refractivity contribution < 1.29 is 18.9 Å². The van der Waals surface area contributed by atoms with Gasteiger partial charge in [0.1, 0.15) is 12.2 Å². The van der Waals surface area contributed by atoms with Crippen molar-refractivity contribution in [3.63, 3.8) is 0 Å². The topological polar surface area (TPSA) is 36.9 Å². The van der Waals surface area contributed by atoms with Crippen LogP contribution in [0, 0.1) is 0 Å². The summed E-state index contributed by atoms with van der Waals surface area (Å²) in [5.41, 5.74) is 2.33. The number of benzene rings is 2. The molecule has 0 spiro atoms. The zero-order chi connectivity index (χ0) is 20.3. The van der Waals surface area contributed by atoms with Gasteiger partial charge in [0, 0.05) is 12.8 Å². The molecular weight excluding hydrogens is 376 g/mol. The molecule has 2 aliphatic carbocycles. The first-order valence-electron chi connectivity index (χ1n) is 11.5. The van der Waals surface area contributed by atoms with E-state index < -0.39 is 11.6 Å². The van der Waals surface area contributed by atoms with E-state index in [1.54, 1.807) is 0 Å². The van der Waals surface area contributed by atoms with Crippen molar-refractivity contribution in [2.75, 3.05) is 0 Å². The van der Waals surface area contributed by atoms with Gasteiger partial charge in [0.25, 0.3) is 0 Å². The molecule has 1 saturated heterocycles. The lowest BCUT2D eigenvalue weighted by Gasteiger charge is -2.57. The van der Waals surface area contributed by atoms with Crippen LogP contribution in [0.1, 0.15) is 62.5 Å². The van der Waals surface area contributed by atoms with Gasteiger partial charge in [0.15, 0.2) is 11.6 Å². The molecule has 2 saturated carbocycles. The number of ether oxygens (including phenoxy) is 4. The molecule has 1 aliphatic heterocycles. The average molecular weight is 409 g/mol. The van der Waals surface area contributed by atoms with Crippen molar-refractivity contribution in [2.24, 2.45) is 0 Å². The molecule has 4 atom stereocenters. The third-order valence-corrected chi connectivity index (χ3v) is 6.80. The lowest BCUT2D eigenvalue weighted by Crippen LogP contribution is -2.67. The van der Waals surface area contributed by atoms with Gasteiger partial charge in [0.2, 0.25) is 0 Å². The highest BCUT2D eigenvalue weighted by atomic mass is 16.8. The van der Waals surface area contributed by atoms with E-state index in [2.05, 4.69) is 48.5 Å². The Morgan fingerprint density at radius 3 is 1.50 bits per heavy atom. The lowest BCUT2D eigenvalue weighted by atomic mass is 9.84. The zero-order valence-corrected chi connectivity index (χ0v) is 17.6. The van der Waals surface area contributed by atoms with E-state index in [0.29, 0.717) is 13.2 Å². The minimum Gasteiger partial charge on any atom is -0.343 e. The summed E-state index contributed by atoms with van der Waals surface area (Å²) in [5.74, 6) is -1.31. The van der Waals surface area contributed by atoms with Gasteiger partial charge in [-0.1, -0.05) is 73.5 Å². The fraction of sp³-hybridized carbons (Fsp3) is 0.538. The Morgan fingerprint density at radius 1 is 0.633 bits per heavy atom. The first-order chi connectivity index (χ1) is 14.8. The maximum atomic E-state index is 6.82. The molecule has 0 unspecified atom stereocenters. The summed E-state index contributed by atoms with van der Waals surface area (Å²) in [6, 6.07) is 20.7. The van der Waals surface area contributed by atoms with Gasteiger partial charge in [-0.25, -0.2) is 0 Å². The summed E-state index contributed by atoms with van der Waals surface area (Å²) in [5, 5.41) is 0. The van der Waals surface area contributed by atoms with Gasteiger partial charge in [0.05, 0.1) is 13.2 Å². The summed E-state index contributed by atoms with van der Waals surface area (Å²) in [4.78, 5) is 0. The Kier molecular flexibility index (Phi) is 5.92. The fourth-order valence-electron chi connectivity index (χ4n) is 5.17. The van der Waals surface area contributed by atoms with E-state index >= 15 is 0 Å². The predicted octanol–water partition coefficient (Wildman–Crippen LogP) is 5.74. The molecule has 2 aromatic carbocycles. The number of hydrogen-bond acceptors (Lipinski definition) is 4. The Bertz CT molecular complexity index is 741. The van der Waals surface area contributed by atoms with E-state index in [1.165, 1.54) is 11.1 Å². The van der Waals surface area contributed by atoms with Crippen LogP contribution in [-0.2, 0) is 32.2 Å². The Balaban J connectivity index is 1.35. The van der Waals surface area contributed by atoms with E-state index in [1.807, 2.05) is 12.1 Å². The third kappa shape index (κ3) is 4.06. The minimum absolute atomic E-state index is 0.0833.